The number of ether oxygens (including phenoxy) is 1. The predicted molar refractivity (Wildman–Crippen MR) is 116 cm³/mol. The van der Waals surface area contributed by atoms with Crippen LogP contribution in [-0.4, -0.2) is 45.4 Å². The number of aliphatic hydroxyl groups excluding tert-OH is 1. The van der Waals surface area contributed by atoms with Crippen molar-refractivity contribution in [3.05, 3.63) is 35.9 Å². The smallest absolute Gasteiger partial charge is 0.408 e. The molecule has 0 aliphatic rings. The maximum absolute atomic E-state index is 13.5. The van der Waals surface area contributed by atoms with Crippen LogP contribution in [0.15, 0.2) is 30.3 Å². The highest BCUT2D eigenvalue weighted by molar-refractivity contribution is 7.54. The fraction of sp³-hybridized carbons (Fsp3) is 0.619. The van der Waals surface area contributed by atoms with Crippen molar-refractivity contribution in [2.45, 2.75) is 78.2 Å². The van der Waals surface area contributed by atoms with Crippen molar-refractivity contribution in [3.63, 3.8) is 0 Å². The van der Waals surface area contributed by atoms with Crippen LogP contribution < -0.4 is 5.32 Å². The molecule has 0 saturated carbocycles. The molecule has 0 aromatic heterocycles. The number of hydrogen-bond acceptors (Lipinski definition) is 7. The molecule has 0 saturated heterocycles. The van der Waals surface area contributed by atoms with E-state index in [4.69, 9.17) is 13.8 Å². The number of carboxylic acids is 1. The largest absolute Gasteiger partial charge is 0.480 e. The molecule has 1 aromatic carbocycles. The van der Waals surface area contributed by atoms with Crippen LogP contribution in [0.5, 0.6) is 0 Å². The van der Waals surface area contributed by atoms with Gasteiger partial charge in [0.15, 0.2) is 5.85 Å². The second-order valence-corrected chi connectivity index (χ2v) is 11.2. The van der Waals surface area contributed by atoms with E-state index in [1.807, 2.05) is 6.07 Å². The van der Waals surface area contributed by atoms with Gasteiger partial charge >= 0.3 is 19.7 Å². The van der Waals surface area contributed by atoms with Gasteiger partial charge in [-0.3, -0.25) is 4.57 Å². The first-order valence-corrected chi connectivity index (χ1v) is 11.5. The van der Waals surface area contributed by atoms with E-state index in [9.17, 15) is 24.4 Å². The lowest BCUT2D eigenvalue weighted by Gasteiger charge is -2.37. The van der Waals surface area contributed by atoms with Crippen LogP contribution in [0.25, 0.3) is 0 Å². The number of carbonyl (C=O) groups excluding carboxylic acids is 1. The van der Waals surface area contributed by atoms with Gasteiger partial charge in [0.1, 0.15) is 12.6 Å². The fourth-order valence-corrected chi connectivity index (χ4v) is 5.19. The molecule has 1 rings (SSSR count). The molecule has 3 atom stereocenters. The molecule has 1 unspecified atom stereocenters. The Labute approximate surface area is 183 Å². The van der Waals surface area contributed by atoms with Crippen molar-refractivity contribution in [1.29, 1.82) is 0 Å². The summed E-state index contributed by atoms with van der Waals surface area (Å²) in [5.74, 6) is -4.47. The van der Waals surface area contributed by atoms with Crippen molar-refractivity contribution in [3.8, 4) is 0 Å². The van der Waals surface area contributed by atoms with E-state index in [2.05, 4.69) is 5.32 Å². The molecule has 0 aliphatic carbocycles. The first-order chi connectivity index (χ1) is 14.0. The van der Waals surface area contributed by atoms with Gasteiger partial charge < -0.3 is 29.3 Å². The van der Waals surface area contributed by atoms with E-state index in [0.717, 1.165) is 5.56 Å². The topological polar surface area (TPSA) is 131 Å². The molecule has 0 fully saturated rings. The Hall–Kier alpha value is -1.93. The zero-order valence-corrected chi connectivity index (χ0v) is 20.0. The van der Waals surface area contributed by atoms with Crippen molar-refractivity contribution >= 4 is 19.7 Å². The van der Waals surface area contributed by atoms with Gasteiger partial charge in [-0.15, -0.1) is 0 Å². The summed E-state index contributed by atoms with van der Waals surface area (Å²) in [4.78, 5) is 24.0. The van der Waals surface area contributed by atoms with E-state index in [1.165, 1.54) is 6.92 Å². The molecule has 31 heavy (non-hydrogen) atoms. The normalized spacial score (nSPS) is 15.6. The summed E-state index contributed by atoms with van der Waals surface area (Å²) in [6.45, 7) is 11.1. The third kappa shape index (κ3) is 9.39. The van der Waals surface area contributed by atoms with Crippen molar-refractivity contribution in [2.24, 2.45) is 5.92 Å². The van der Waals surface area contributed by atoms with Crippen LogP contribution in [0.2, 0.25) is 0 Å². The third-order valence-corrected chi connectivity index (χ3v) is 6.60. The van der Waals surface area contributed by atoms with Gasteiger partial charge in [-0.2, -0.15) is 0 Å². The van der Waals surface area contributed by atoms with Crippen LogP contribution in [0.4, 0.5) is 4.79 Å². The van der Waals surface area contributed by atoms with Crippen LogP contribution in [0, 0.1) is 5.92 Å². The SMILES string of the molecule is C[C@@H](C(O)P(=O)(OC(C)(C)C)OC(C)(C)C)[C@H](NC(=O)OCc1ccccc1)C(=O)O. The average Bonchev–Trinajstić information content (AvgIpc) is 2.60. The molecular formula is C21H34NO8P. The van der Waals surface area contributed by atoms with Gasteiger partial charge in [0.2, 0.25) is 0 Å². The molecule has 10 heteroatoms. The molecule has 176 valence electrons. The number of benzene rings is 1. The molecule has 0 bridgehead atoms. The molecule has 0 radical (unpaired) electrons. The van der Waals surface area contributed by atoms with Crippen molar-refractivity contribution < 1.29 is 38.2 Å². The van der Waals surface area contributed by atoms with E-state index >= 15 is 0 Å². The first kappa shape index (κ1) is 27.1. The van der Waals surface area contributed by atoms with Crippen LogP contribution >= 0.6 is 7.60 Å². The minimum atomic E-state index is -4.21. The molecule has 0 heterocycles. The highest BCUT2D eigenvalue weighted by Gasteiger charge is 2.48. The Bertz CT molecular complexity index is 765. The van der Waals surface area contributed by atoms with Gasteiger partial charge in [0.05, 0.1) is 11.2 Å². The van der Waals surface area contributed by atoms with Gasteiger partial charge in [-0.25, -0.2) is 9.59 Å². The number of amides is 1. The van der Waals surface area contributed by atoms with Crippen LogP contribution in [0.3, 0.4) is 0 Å². The summed E-state index contributed by atoms with van der Waals surface area (Å²) in [7, 11) is -4.21. The maximum Gasteiger partial charge on any atom is 0.408 e. The number of carboxylic acid groups (broad SMARTS) is 1. The van der Waals surface area contributed by atoms with Gasteiger partial charge in [0, 0.05) is 5.92 Å². The standard InChI is InChI=1S/C21H34NO8P/c1-14(18(25)31(27,29-20(2,3)4)30-21(5,6)7)16(17(23)24)22-19(26)28-13-15-11-9-8-10-12-15/h8-12,14,16,18,25H,13H2,1-7H3,(H,22,26)(H,23,24)/t14-,16+,18?/m1/s1. The van der Waals surface area contributed by atoms with Gasteiger partial charge in [-0.05, 0) is 47.1 Å². The first-order valence-electron chi connectivity index (χ1n) is 9.93. The summed E-state index contributed by atoms with van der Waals surface area (Å²) < 4.78 is 29.7. The average molecular weight is 459 g/mol. The Morgan fingerprint density at radius 3 is 1.94 bits per heavy atom. The molecule has 1 amide bonds. The number of hydrogen-bond donors (Lipinski definition) is 3. The second-order valence-electron chi connectivity index (χ2n) is 9.24. The van der Waals surface area contributed by atoms with Crippen molar-refractivity contribution in [1.82, 2.24) is 5.32 Å². The zero-order valence-electron chi connectivity index (χ0n) is 19.1. The quantitative estimate of drug-likeness (QED) is 0.470. The summed E-state index contributed by atoms with van der Waals surface area (Å²) >= 11 is 0. The zero-order chi connectivity index (χ0) is 24.0. The van der Waals surface area contributed by atoms with Crippen LogP contribution in [-0.2, 0) is 29.8 Å². The van der Waals surface area contributed by atoms with E-state index in [-0.39, 0.29) is 6.61 Å². The molecule has 1 aromatic rings. The molecule has 3 N–H and O–H groups in total. The number of aliphatic carboxylic acids is 1. The maximum atomic E-state index is 13.5. The Morgan fingerprint density at radius 1 is 1.03 bits per heavy atom. The molecule has 0 spiro atoms. The highest BCUT2D eigenvalue weighted by Crippen LogP contribution is 2.59. The molecular weight excluding hydrogens is 425 g/mol. The lowest BCUT2D eigenvalue weighted by Crippen LogP contribution is -2.49. The minimum Gasteiger partial charge on any atom is -0.480 e. The lowest BCUT2D eigenvalue weighted by molar-refractivity contribution is -0.141. The Balaban J connectivity index is 2.99. The summed E-state index contributed by atoms with van der Waals surface area (Å²) in [5.41, 5.74) is -1.16. The lowest BCUT2D eigenvalue weighted by atomic mass is 10.0. The van der Waals surface area contributed by atoms with E-state index in [0.29, 0.717) is 0 Å². The minimum absolute atomic E-state index is 0.0608. The number of rotatable bonds is 9. The third-order valence-electron chi connectivity index (χ3n) is 3.87. The number of carbonyl (C=O) groups is 2. The Kier molecular flexibility index (Phi) is 9.26. The number of aliphatic hydroxyl groups is 1. The number of nitrogens with one attached hydrogen (secondary N) is 1. The van der Waals surface area contributed by atoms with Crippen molar-refractivity contribution in [2.75, 3.05) is 0 Å². The Morgan fingerprint density at radius 2 is 1.52 bits per heavy atom. The number of alkyl carbamates (subject to hydrolysis) is 1. The predicted octanol–water partition coefficient (Wildman–Crippen LogP) is 4.14. The van der Waals surface area contributed by atoms with Gasteiger partial charge in [0.25, 0.3) is 0 Å². The summed E-state index contributed by atoms with van der Waals surface area (Å²) in [5, 5.41) is 22.7. The van der Waals surface area contributed by atoms with E-state index in [1.54, 1.807) is 65.8 Å². The summed E-state index contributed by atoms with van der Waals surface area (Å²) in [6.07, 6.45) is -0.987. The van der Waals surface area contributed by atoms with Crippen LogP contribution in [0.1, 0.15) is 54.0 Å². The summed E-state index contributed by atoms with van der Waals surface area (Å²) in [6, 6.07) is 7.26. The van der Waals surface area contributed by atoms with Gasteiger partial charge in [-0.1, -0.05) is 37.3 Å². The monoisotopic (exact) mass is 459 g/mol. The highest BCUT2D eigenvalue weighted by atomic mass is 31.2. The second kappa shape index (κ2) is 10.6. The molecule has 0 aliphatic heterocycles. The van der Waals surface area contributed by atoms with E-state index < -0.39 is 48.7 Å². The molecule has 9 nitrogen and oxygen atoms in total. The fourth-order valence-electron chi connectivity index (χ4n) is 2.66.